The number of nitrogens with two attached hydrogens (primary N) is 1. The molecule has 28 heavy (non-hydrogen) atoms. The number of carbonyl (C=O) groups is 1. The maximum absolute atomic E-state index is 11.0. The Labute approximate surface area is 186 Å². The van der Waals surface area contributed by atoms with E-state index < -0.39 is 0 Å². The second kappa shape index (κ2) is 13.0. The molecule has 1 amide bonds. The molecule has 1 aromatic carbocycles. The summed E-state index contributed by atoms with van der Waals surface area (Å²) in [6, 6.07) is 9.34. The van der Waals surface area contributed by atoms with Crippen molar-refractivity contribution in [2.75, 3.05) is 33.2 Å². The van der Waals surface area contributed by atoms with Crippen molar-refractivity contribution in [1.82, 2.24) is 15.5 Å². The van der Waals surface area contributed by atoms with Gasteiger partial charge in [-0.1, -0.05) is 38.1 Å². The fraction of sp³-hybridized carbons (Fsp3) is 0.619. The third-order valence-corrected chi connectivity index (χ3v) is 5.11. The lowest BCUT2D eigenvalue weighted by molar-refractivity contribution is -0.119. The molecule has 4 N–H and O–H groups in total. The Bertz CT molecular complexity index is 610. The molecule has 1 fully saturated rings. The summed E-state index contributed by atoms with van der Waals surface area (Å²) in [6.45, 7) is 7.48. The number of aryl methyl sites for hydroxylation is 1. The van der Waals surface area contributed by atoms with Gasteiger partial charge in [-0.15, -0.1) is 24.0 Å². The van der Waals surface area contributed by atoms with E-state index in [4.69, 9.17) is 5.73 Å². The minimum atomic E-state index is -0.252. The van der Waals surface area contributed by atoms with E-state index in [-0.39, 0.29) is 29.9 Å². The van der Waals surface area contributed by atoms with Gasteiger partial charge in [0.1, 0.15) is 0 Å². The van der Waals surface area contributed by atoms with Crippen LogP contribution in [-0.2, 0) is 11.2 Å². The highest BCUT2D eigenvalue weighted by Gasteiger charge is 2.20. The minimum absolute atomic E-state index is 0. The van der Waals surface area contributed by atoms with Gasteiger partial charge in [-0.3, -0.25) is 14.7 Å². The summed E-state index contributed by atoms with van der Waals surface area (Å²) in [5.41, 5.74) is 8.04. The van der Waals surface area contributed by atoms with Gasteiger partial charge in [0.25, 0.3) is 0 Å². The minimum Gasteiger partial charge on any atom is -0.369 e. The quantitative estimate of drug-likeness (QED) is 0.221. The molecule has 0 aromatic heterocycles. The number of rotatable bonds is 8. The Balaban J connectivity index is 0.00000392. The molecular weight excluding hydrogens is 465 g/mol. The van der Waals surface area contributed by atoms with Crippen LogP contribution in [0.25, 0.3) is 0 Å². The number of likely N-dealkylation sites (tertiary alicyclic amines) is 1. The summed E-state index contributed by atoms with van der Waals surface area (Å²) >= 11 is 0. The molecule has 1 aliphatic rings. The molecule has 1 aliphatic heterocycles. The van der Waals surface area contributed by atoms with Crippen LogP contribution >= 0.6 is 24.0 Å². The third kappa shape index (κ3) is 8.77. The molecule has 0 saturated carbocycles. The molecule has 158 valence electrons. The molecule has 1 aromatic rings. The van der Waals surface area contributed by atoms with Crippen LogP contribution in [0, 0.1) is 0 Å². The maximum Gasteiger partial charge on any atom is 0.231 e. The molecular formula is C21H36IN5O. The van der Waals surface area contributed by atoms with Crippen LogP contribution in [0.3, 0.4) is 0 Å². The van der Waals surface area contributed by atoms with Crippen LogP contribution < -0.4 is 16.4 Å². The van der Waals surface area contributed by atoms with Crippen LogP contribution in [0.5, 0.6) is 0 Å². The van der Waals surface area contributed by atoms with Crippen LogP contribution in [-0.4, -0.2) is 56.0 Å². The summed E-state index contributed by atoms with van der Waals surface area (Å²) in [4.78, 5) is 17.4. The predicted octanol–water partition coefficient (Wildman–Crippen LogP) is 2.48. The number of primary amides is 1. The zero-order chi connectivity index (χ0) is 19.6. The van der Waals surface area contributed by atoms with Gasteiger partial charge in [-0.2, -0.15) is 0 Å². The first-order valence-corrected chi connectivity index (χ1v) is 10.0. The van der Waals surface area contributed by atoms with Crippen LogP contribution in [0.15, 0.2) is 29.3 Å². The number of benzene rings is 1. The van der Waals surface area contributed by atoms with Gasteiger partial charge in [0, 0.05) is 32.7 Å². The maximum atomic E-state index is 11.0. The number of piperidine rings is 1. The van der Waals surface area contributed by atoms with E-state index in [0.29, 0.717) is 18.5 Å². The first kappa shape index (κ1) is 24.7. The van der Waals surface area contributed by atoms with E-state index in [2.05, 4.69) is 58.6 Å². The Morgan fingerprint density at radius 1 is 1.25 bits per heavy atom. The number of guanidine groups is 1. The Kier molecular flexibility index (Phi) is 11.4. The van der Waals surface area contributed by atoms with E-state index in [9.17, 15) is 4.79 Å². The van der Waals surface area contributed by atoms with Gasteiger partial charge in [-0.05, 0) is 42.7 Å². The molecule has 0 atom stereocenters. The Hall–Kier alpha value is -1.35. The van der Waals surface area contributed by atoms with E-state index in [1.165, 1.54) is 11.1 Å². The smallest absolute Gasteiger partial charge is 0.231 e. The fourth-order valence-electron chi connectivity index (χ4n) is 3.41. The van der Waals surface area contributed by atoms with E-state index in [1.807, 2.05) is 7.05 Å². The molecule has 0 unspecified atom stereocenters. The van der Waals surface area contributed by atoms with Crippen molar-refractivity contribution < 1.29 is 4.79 Å². The van der Waals surface area contributed by atoms with Crippen LogP contribution in [0.4, 0.5) is 0 Å². The fourth-order valence-corrected chi connectivity index (χ4v) is 3.41. The summed E-state index contributed by atoms with van der Waals surface area (Å²) < 4.78 is 0. The van der Waals surface area contributed by atoms with Crippen molar-refractivity contribution in [2.45, 2.75) is 51.5 Å². The molecule has 0 bridgehead atoms. The van der Waals surface area contributed by atoms with E-state index >= 15 is 0 Å². The molecule has 0 aliphatic carbocycles. The Morgan fingerprint density at radius 3 is 2.43 bits per heavy atom. The highest BCUT2D eigenvalue weighted by molar-refractivity contribution is 14.0. The van der Waals surface area contributed by atoms with Crippen molar-refractivity contribution in [3.05, 3.63) is 35.4 Å². The number of nitrogens with one attached hydrogen (secondary N) is 2. The number of nitrogens with zero attached hydrogens (tertiary/aromatic N) is 2. The normalized spacial score (nSPS) is 15.9. The first-order valence-electron chi connectivity index (χ1n) is 10.0. The van der Waals surface area contributed by atoms with Crippen LogP contribution in [0.1, 0.15) is 50.2 Å². The standard InChI is InChI=1S/C21H35N5O.HI/c1-16(2)18-8-6-17(7-9-18)5-4-12-24-21(23-3)25-19-10-13-26(14-11-19)15-20(22)27;/h6-9,16,19H,4-5,10-15H2,1-3H3,(H2,22,27)(H2,23,24,25);1H. The van der Waals surface area contributed by atoms with Crippen molar-refractivity contribution in [2.24, 2.45) is 10.7 Å². The second-order valence-electron chi connectivity index (χ2n) is 7.66. The number of hydrogen-bond donors (Lipinski definition) is 3. The number of hydrogen-bond acceptors (Lipinski definition) is 3. The summed E-state index contributed by atoms with van der Waals surface area (Å²) in [5, 5.41) is 6.91. The third-order valence-electron chi connectivity index (χ3n) is 5.11. The van der Waals surface area contributed by atoms with Gasteiger partial charge in [0.05, 0.1) is 6.54 Å². The summed E-state index contributed by atoms with van der Waals surface area (Å²) in [6.07, 6.45) is 4.12. The lowest BCUT2D eigenvalue weighted by Gasteiger charge is -2.32. The van der Waals surface area contributed by atoms with Gasteiger partial charge in [-0.25, -0.2) is 0 Å². The lowest BCUT2D eigenvalue weighted by atomic mass is 10.0. The molecule has 0 spiro atoms. The van der Waals surface area contributed by atoms with Gasteiger partial charge in [0.15, 0.2) is 5.96 Å². The average Bonchev–Trinajstić information content (AvgIpc) is 2.65. The van der Waals surface area contributed by atoms with Gasteiger partial charge < -0.3 is 16.4 Å². The zero-order valence-electron chi connectivity index (χ0n) is 17.4. The highest BCUT2D eigenvalue weighted by Crippen LogP contribution is 2.15. The topological polar surface area (TPSA) is 82.8 Å². The van der Waals surface area contributed by atoms with Crippen molar-refractivity contribution >= 4 is 35.8 Å². The average molecular weight is 501 g/mol. The second-order valence-corrected chi connectivity index (χ2v) is 7.66. The van der Waals surface area contributed by atoms with Gasteiger partial charge >= 0.3 is 0 Å². The first-order chi connectivity index (χ1) is 13.0. The number of carbonyl (C=O) groups excluding carboxylic acids is 1. The summed E-state index contributed by atoms with van der Waals surface area (Å²) in [7, 11) is 1.81. The van der Waals surface area contributed by atoms with E-state index in [0.717, 1.165) is 51.3 Å². The molecule has 2 rings (SSSR count). The van der Waals surface area contributed by atoms with Crippen molar-refractivity contribution in [3.63, 3.8) is 0 Å². The summed E-state index contributed by atoms with van der Waals surface area (Å²) in [5.74, 6) is 1.19. The number of amides is 1. The largest absolute Gasteiger partial charge is 0.369 e. The zero-order valence-corrected chi connectivity index (χ0v) is 19.7. The van der Waals surface area contributed by atoms with Crippen molar-refractivity contribution in [3.8, 4) is 0 Å². The molecule has 1 saturated heterocycles. The Morgan fingerprint density at radius 2 is 1.89 bits per heavy atom. The van der Waals surface area contributed by atoms with E-state index in [1.54, 1.807) is 0 Å². The SMILES string of the molecule is CN=C(NCCCc1ccc(C(C)C)cc1)NC1CCN(CC(N)=O)CC1.I. The predicted molar refractivity (Wildman–Crippen MR) is 127 cm³/mol. The number of halogens is 1. The van der Waals surface area contributed by atoms with Crippen LogP contribution in [0.2, 0.25) is 0 Å². The number of aliphatic imine (C=N–C) groups is 1. The molecule has 0 radical (unpaired) electrons. The highest BCUT2D eigenvalue weighted by atomic mass is 127. The monoisotopic (exact) mass is 501 g/mol. The lowest BCUT2D eigenvalue weighted by Crippen LogP contribution is -2.49. The van der Waals surface area contributed by atoms with Crippen molar-refractivity contribution in [1.29, 1.82) is 0 Å². The molecule has 7 heteroatoms. The molecule has 6 nitrogen and oxygen atoms in total. The molecule has 1 heterocycles. The van der Waals surface area contributed by atoms with Gasteiger partial charge in [0.2, 0.25) is 5.91 Å².